The van der Waals surface area contributed by atoms with Crippen molar-refractivity contribution in [1.29, 1.82) is 0 Å². The van der Waals surface area contributed by atoms with Crippen LogP contribution < -0.4 is 5.32 Å². The summed E-state index contributed by atoms with van der Waals surface area (Å²) in [6, 6.07) is 0. The Hall–Kier alpha value is -1.70. The van der Waals surface area contributed by atoms with Gasteiger partial charge in [0.2, 0.25) is 0 Å². The van der Waals surface area contributed by atoms with E-state index in [4.69, 9.17) is 0 Å². The molecule has 2 heteroatoms. The Kier molecular flexibility index (Phi) is 5.20. The lowest BCUT2D eigenvalue weighted by Gasteiger charge is -2.23. The minimum atomic E-state index is 0.877. The fourth-order valence-electron chi connectivity index (χ4n) is 1.72. The van der Waals surface area contributed by atoms with E-state index in [-0.39, 0.29) is 0 Å². The first kappa shape index (κ1) is 12.4. The van der Waals surface area contributed by atoms with E-state index in [1.165, 1.54) is 11.4 Å². The van der Waals surface area contributed by atoms with Gasteiger partial charge >= 0.3 is 0 Å². The Balaban J connectivity index is 2.84. The Morgan fingerprint density at radius 3 is 2.94 bits per heavy atom. The van der Waals surface area contributed by atoms with Crippen LogP contribution in [0.25, 0.3) is 0 Å². The number of allylic oxidation sites excluding steroid dienone is 4. The molecular weight excluding hydrogens is 196 g/mol. The van der Waals surface area contributed by atoms with Crippen molar-refractivity contribution in [2.75, 3.05) is 6.54 Å². The van der Waals surface area contributed by atoms with Gasteiger partial charge in [0, 0.05) is 43.2 Å². The van der Waals surface area contributed by atoms with Crippen molar-refractivity contribution in [3.63, 3.8) is 0 Å². The quantitative estimate of drug-likeness (QED) is 0.725. The predicted octanol–water partition coefficient (Wildman–Crippen LogP) is 3.30. The third-order valence-corrected chi connectivity index (χ3v) is 2.53. The van der Waals surface area contributed by atoms with Crippen molar-refractivity contribution in [3.8, 4) is 0 Å². The van der Waals surface area contributed by atoms with E-state index >= 15 is 0 Å². The van der Waals surface area contributed by atoms with E-state index in [1.807, 2.05) is 12.3 Å². The van der Waals surface area contributed by atoms with Crippen LogP contribution in [0.1, 0.15) is 19.8 Å². The number of rotatable bonds is 4. The molecule has 0 saturated heterocycles. The lowest BCUT2D eigenvalue weighted by molar-refractivity contribution is 0.545. The van der Waals surface area contributed by atoms with E-state index in [9.17, 15) is 0 Å². The van der Waals surface area contributed by atoms with Gasteiger partial charge in [0.1, 0.15) is 0 Å². The van der Waals surface area contributed by atoms with Gasteiger partial charge in [0.15, 0.2) is 0 Å². The highest BCUT2D eigenvalue weighted by atomic mass is 15.2. The van der Waals surface area contributed by atoms with Crippen molar-refractivity contribution < 1.29 is 0 Å². The molecule has 86 valence electrons. The molecule has 1 rings (SSSR count). The largest absolute Gasteiger partial charge is 0.389 e. The highest BCUT2D eigenvalue weighted by Gasteiger charge is 2.12. The molecule has 0 spiro atoms. The molecule has 0 aliphatic carbocycles. The Morgan fingerprint density at radius 1 is 1.50 bits per heavy atom. The van der Waals surface area contributed by atoms with Crippen molar-refractivity contribution >= 4 is 0 Å². The Bertz CT molecular complexity index is 335. The molecule has 0 unspecified atom stereocenters. The van der Waals surface area contributed by atoms with Crippen LogP contribution in [0.3, 0.4) is 0 Å². The summed E-state index contributed by atoms with van der Waals surface area (Å²) in [6.07, 6.45) is 13.8. The molecule has 0 bridgehead atoms. The molecule has 0 aromatic rings. The zero-order chi connectivity index (χ0) is 11.8. The number of nitrogens with zero attached hydrogens (tertiary/aromatic N) is 1. The third-order valence-electron chi connectivity index (χ3n) is 2.53. The summed E-state index contributed by atoms with van der Waals surface area (Å²) >= 11 is 0. The molecule has 0 fully saturated rings. The van der Waals surface area contributed by atoms with Crippen molar-refractivity contribution in [3.05, 3.63) is 61.3 Å². The Labute approximate surface area is 98.3 Å². The molecule has 1 aliphatic heterocycles. The fourth-order valence-corrected chi connectivity index (χ4v) is 1.72. The molecule has 0 saturated carbocycles. The standard InChI is InChI=1S/C14H20N2/c1-4-7-8-9-14-12-15-11-10-13(5-2)16(14)6-3/h4-8,12,15H,1,3,9-11H2,2H3/b8-7?,13-5-. The van der Waals surface area contributed by atoms with Crippen LogP contribution in [-0.4, -0.2) is 11.4 Å². The lowest BCUT2D eigenvalue weighted by Crippen LogP contribution is -2.14. The molecule has 1 N–H and O–H groups in total. The molecule has 0 atom stereocenters. The number of nitrogens with one attached hydrogen (secondary N) is 1. The molecule has 0 radical (unpaired) electrons. The van der Waals surface area contributed by atoms with Gasteiger partial charge in [-0.2, -0.15) is 0 Å². The minimum absolute atomic E-state index is 0.877. The van der Waals surface area contributed by atoms with Crippen LogP contribution in [0.4, 0.5) is 0 Å². The minimum Gasteiger partial charge on any atom is -0.389 e. The summed E-state index contributed by atoms with van der Waals surface area (Å²) < 4.78 is 0. The summed E-state index contributed by atoms with van der Waals surface area (Å²) in [7, 11) is 0. The van der Waals surface area contributed by atoms with Crippen molar-refractivity contribution in [1.82, 2.24) is 10.2 Å². The van der Waals surface area contributed by atoms with Crippen molar-refractivity contribution in [2.24, 2.45) is 0 Å². The third kappa shape index (κ3) is 3.16. The maximum Gasteiger partial charge on any atom is 0.0417 e. The average Bonchev–Trinajstić information content (AvgIpc) is 2.51. The summed E-state index contributed by atoms with van der Waals surface area (Å²) in [5.74, 6) is 0. The van der Waals surface area contributed by atoms with Crippen LogP contribution >= 0.6 is 0 Å². The first-order valence-corrected chi connectivity index (χ1v) is 5.60. The van der Waals surface area contributed by atoms with E-state index in [1.54, 1.807) is 6.08 Å². The van der Waals surface area contributed by atoms with Crippen molar-refractivity contribution in [2.45, 2.75) is 19.8 Å². The van der Waals surface area contributed by atoms with Gasteiger partial charge in [0.05, 0.1) is 0 Å². The smallest absolute Gasteiger partial charge is 0.0417 e. The van der Waals surface area contributed by atoms with E-state index < -0.39 is 0 Å². The van der Waals surface area contributed by atoms with Crippen LogP contribution in [0.5, 0.6) is 0 Å². The molecular formula is C14H20N2. The van der Waals surface area contributed by atoms with Crippen LogP contribution in [0.2, 0.25) is 0 Å². The van der Waals surface area contributed by atoms with Crippen LogP contribution in [0.15, 0.2) is 61.3 Å². The van der Waals surface area contributed by atoms with E-state index in [0.717, 1.165) is 19.4 Å². The molecule has 1 heterocycles. The molecule has 1 aliphatic rings. The summed E-state index contributed by atoms with van der Waals surface area (Å²) in [5.41, 5.74) is 2.50. The molecule has 0 aromatic heterocycles. The molecule has 16 heavy (non-hydrogen) atoms. The highest BCUT2D eigenvalue weighted by molar-refractivity contribution is 5.21. The summed E-state index contributed by atoms with van der Waals surface area (Å²) in [5, 5.41) is 3.30. The van der Waals surface area contributed by atoms with Gasteiger partial charge in [-0.1, -0.05) is 37.5 Å². The lowest BCUT2D eigenvalue weighted by atomic mass is 10.2. The number of hydrogen-bond donors (Lipinski definition) is 1. The van der Waals surface area contributed by atoms with Gasteiger partial charge in [-0.05, 0) is 6.92 Å². The SMILES string of the molecule is C=CC=CCC1=CNCC/C(=C/C)N1C=C. The first-order chi connectivity index (χ1) is 7.83. The second-order valence-corrected chi connectivity index (χ2v) is 3.54. The maximum absolute atomic E-state index is 3.87. The fraction of sp³-hybridized carbons (Fsp3) is 0.286. The zero-order valence-electron chi connectivity index (χ0n) is 9.95. The predicted molar refractivity (Wildman–Crippen MR) is 70.4 cm³/mol. The van der Waals surface area contributed by atoms with Gasteiger partial charge in [0.25, 0.3) is 0 Å². The average molecular weight is 216 g/mol. The van der Waals surface area contributed by atoms with E-state index in [2.05, 4.69) is 48.7 Å². The second kappa shape index (κ2) is 6.72. The monoisotopic (exact) mass is 216 g/mol. The topological polar surface area (TPSA) is 15.3 Å². The molecule has 0 aromatic carbocycles. The Morgan fingerprint density at radius 2 is 2.31 bits per heavy atom. The highest BCUT2D eigenvalue weighted by Crippen LogP contribution is 2.21. The van der Waals surface area contributed by atoms with Gasteiger partial charge < -0.3 is 10.2 Å². The number of hydrogen-bond acceptors (Lipinski definition) is 2. The van der Waals surface area contributed by atoms with E-state index in [0.29, 0.717) is 0 Å². The first-order valence-electron chi connectivity index (χ1n) is 5.60. The summed E-state index contributed by atoms with van der Waals surface area (Å²) in [4.78, 5) is 2.15. The zero-order valence-corrected chi connectivity index (χ0v) is 9.95. The van der Waals surface area contributed by atoms with Crippen LogP contribution in [-0.2, 0) is 0 Å². The second-order valence-electron chi connectivity index (χ2n) is 3.54. The molecule has 2 nitrogen and oxygen atoms in total. The van der Waals surface area contributed by atoms with Gasteiger partial charge in [-0.3, -0.25) is 0 Å². The van der Waals surface area contributed by atoms with Crippen LogP contribution in [0, 0.1) is 0 Å². The van der Waals surface area contributed by atoms with Gasteiger partial charge in [-0.15, -0.1) is 0 Å². The van der Waals surface area contributed by atoms with Gasteiger partial charge in [-0.25, -0.2) is 0 Å². The normalized spacial score (nSPS) is 19.2. The summed E-state index contributed by atoms with van der Waals surface area (Å²) in [6.45, 7) is 10.6. The maximum atomic E-state index is 3.87. The molecule has 0 amide bonds.